The highest BCUT2D eigenvalue weighted by Gasteiger charge is 2.23. The molecule has 0 saturated carbocycles. The number of carbonyl (C=O) groups is 1. The van der Waals surface area contributed by atoms with Crippen LogP contribution in [0.4, 0.5) is 0 Å². The minimum absolute atomic E-state index is 0.00435. The molecule has 2 aromatic heterocycles. The molecule has 7 nitrogen and oxygen atoms in total. The van der Waals surface area contributed by atoms with E-state index >= 15 is 0 Å². The average molecular weight is 405 g/mol. The van der Waals surface area contributed by atoms with Gasteiger partial charge in [-0.1, -0.05) is 6.92 Å². The number of nitrogens with zero attached hydrogens (tertiary/aromatic N) is 2. The normalized spacial score (nSPS) is 20.2. The Morgan fingerprint density at radius 1 is 1.39 bits per heavy atom. The number of fused-ring (bicyclic) bond motifs is 3. The number of carbonyl (C=O) groups excluding carboxylic acids is 1. The Bertz CT molecular complexity index is 901. The van der Waals surface area contributed by atoms with Crippen LogP contribution in [-0.4, -0.2) is 60.2 Å². The molecule has 2 aromatic rings. The summed E-state index contributed by atoms with van der Waals surface area (Å²) in [5, 5.41) is 3.73. The SMILES string of the molecule is CC1CCc2c(sc3nc(CCC(=O)NCCN4CCOCC4)[nH]c(=O)c23)C1. The van der Waals surface area contributed by atoms with Crippen molar-refractivity contribution in [2.24, 2.45) is 5.92 Å². The first-order chi connectivity index (χ1) is 13.6. The molecule has 0 bridgehead atoms. The maximum Gasteiger partial charge on any atom is 0.259 e. The Labute approximate surface area is 168 Å². The summed E-state index contributed by atoms with van der Waals surface area (Å²) in [7, 11) is 0. The van der Waals surface area contributed by atoms with E-state index in [2.05, 4.69) is 27.1 Å². The van der Waals surface area contributed by atoms with Crippen molar-refractivity contribution in [2.75, 3.05) is 39.4 Å². The Hall–Kier alpha value is -1.77. The summed E-state index contributed by atoms with van der Waals surface area (Å²) in [4.78, 5) is 36.7. The van der Waals surface area contributed by atoms with E-state index in [0.717, 1.165) is 62.3 Å². The minimum Gasteiger partial charge on any atom is -0.379 e. The third-order valence-corrected chi connectivity index (χ3v) is 6.81. The summed E-state index contributed by atoms with van der Waals surface area (Å²) < 4.78 is 5.32. The molecule has 1 aliphatic carbocycles. The highest BCUT2D eigenvalue weighted by Crippen LogP contribution is 2.35. The molecular formula is C20H28N4O3S. The number of ether oxygens (including phenoxy) is 1. The quantitative estimate of drug-likeness (QED) is 0.762. The number of H-pyrrole nitrogens is 1. The van der Waals surface area contributed by atoms with Gasteiger partial charge in [-0.05, 0) is 30.7 Å². The topological polar surface area (TPSA) is 87.3 Å². The van der Waals surface area contributed by atoms with Gasteiger partial charge in [-0.25, -0.2) is 4.98 Å². The van der Waals surface area contributed by atoms with Crippen LogP contribution in [-0.2, 0) is 28.8 Å². The lowest BCUT2D eigenvalue weighted by atomic mass is 9.89. The number of aromatic nitrogens is 2. The van der Waals surface area contributed by atoms with E-state index in [1.165, 1.54) is 10.4 Å². The van der Waals surface area contributed by atoms with E-state index in [1.807, 2.05) is 0 Å². The molecule has 0 spiro atoms. The predicted molar refractivity (Wildman–Crippen MR) is 110 cm³/mol. The molecule has 152 valence electrons. The van der Waals surface area contributed by atoms with Crippen molar-refractivity contribution in [1.29, 1.82) is 0 Å². The van der Waals surface area contributed by atoms with E-state index in [9.17, 15) is 9.59 Å². The van der Waals surface area contributed by atoms with Crippen LogP contribution in [0.1, 0.15) is 36.0 Å². The summed E-state index contributed by atoms with van der Waals surface area (Å²) in [6.45, 7) is 7.11. The third-order valence-electron chi connectivity index (χ3n) is 5.66. The molecule has 0 radical (unpaired) electrons. The molecule has 1 unspecified atom stereocenters. The first-order valence-corrected chi connectivity index (χ1v) is 11.0. The van der Waals surface area contributed by atoms with E-state index in [-0.39, 0.29) is 11.5 Å². The molecule has 1 saturated heterocycles. The summed E-state index contributed by atoms with van der Waals surface area (Å²) in [6.07, 6.45) is 3.92. The van der Waals surface area contributed by atoms with E-state index in [0.29, 0.717) is 31.1 Å². The van der Waals surface area contributed by atoms with Gasteiger partial charge in [-0.3, -0.25) is 14.5 Å². The van der Waals surface area contributed by atoms with Crippen molar-refractivity contribution in [3.05, 3.63) is 26.6 Å². The number of aromatic amines is 1. The molecule has 1 aliphatic heterocycles. The maximum atomic E-state index is 12.6. The van der Waals surface area contributed by atoms with Crippen LogP contribution in [0.2, 0.25) is 0 Å². The van der Waals surface area contributed by atoms with Gasteiger partial charge in [-0.2, -0.15) is 0 Å². The van der Waals surface area contributed by atoms with Gasteiger partial charge in [0.25, 0.3) is 5.56 Å². The monoisotopic (exact) mass is 404 g/mol. The molecular weight excluding hydrogens is 376 g/mol. The smallest absolute Gasteiger partial charge is 0.259 e. The number of amides is 1. The fraction of sp³-hybridized carbons (Fsp3) is 0.650. The number of aryl methyl sites for hydroxylation is 2. The Kier molecular flexibility index (Phi) is 6.08. The molecule has 0 aromatic carbocycles. The van der Waals surface area contributed by atoms with Crippen LogP contribution >= 0.6 is 11.3 Å². The largest absolute Gasteiger partial charge is 0.379 e. The van der Waals surface area contributed by atoms with E-state index < -0.39 is 0 Å². The average Bonchev–Trinajstić information content (AvgIpc) is 3.05. The second kappa shape index (κ2) is 8.71. The van der Waals surface area contributed by atoms with Crippen molar-refractivity contribution in [3.8, 4) is 0 Å². The number of hydrogen-bond donors (Lipinski definition) is 2. The van der Waals surface area contributed by atoms with Crippen LogP contribution in [0.15, 0.2) is 4.79 Å². The van der Waals surface area contributed by atoms with Crippen molar-refractivity contribution >= 4 is 27.5 Å². The Balaban J connectivity index is 1.33. The summed E-state index contributed by atoms with van der Waals surface area (Å²) >= 11 is 1.65. The number of rotatable bonds is 6. The van der Waals surface area contributed by atoms with Crippen molar-refractivity contribution in [2.45, 2.75) is 39.0 Å². The minimum atomic E-state index is -0.0558. The second-order valence-corrected chi connectivity index (χ2v) is 8.93. The molecule has 8 heteroatoms. The van der Waals surface area contributed by atoms with Gasteiger partial charge in [0, 0.05) is 43.9 Å². The Morgan fingerprint density at radius 3 is 3.04 bits per heavy atom. The van der Waals surface area contributed by atoms with Crippen LogP contribution in [0.5, 0.6) is 0 Å². The number of nitrogens with one attached hydrogen (secondary N) is 2. The zero-order chi connectivity index (χ0) is 19.5. The van der Waals surface area contributed by atoms with E-state index in [4.69, 9.17) is 4.74 Å². The van der Waals surface area contributed by atoms with Crippen LogP contribution in [0.3, 0.4) is 0 Å². The number of morpholine rings is 1. The van der Waals surface area contributed by atoms with Crippen molar-refractivity contribution in [3.63, 3.8) is 0 Å². The molecule has 4 rings (SSSR count). The van der Waals surface area contributed by atoms with Gasteiger partial charge in [0.2, 0.25) is 5.91 Å². The lowest BCUT2D eigenvalue weighted by molar-refractivity contribution is -0.121. The zero-order valence-corrected chi connectivity index (χ0v) is 17.2. The molecule has 1 amide bonds. The number of thiophene rings is 1. The summed E-state index contributed by atoms with van der Waals surface area (Å²) in [5.41, 5.74) is 1.14. The molecule has 28 heavy (non-hydrogen) atoms. The van der Waals surface area contributed by atoms with Crippen LogP contribution in [0, 0.1) is 5.92 Å². The lowest BCUT2D eigenvalue weighted by Gasteiger charge is -2.26. The fourth-order valence-electron chi connectivity index (χ4n) is 4.01. The van der Waals surface area contributed by atoms with Crippen LogP contribution in [0.25, 0.3) is 10.2 Å². The van der Waals surface area contributed by atoms with E-state index in [1.54, 1.807) is 11.3 Å². The number of hydrogen-bond acceptors (Lipinski definition) is 6. The highest BCUT2D eigenvalue weighted by molar-refractivity contribution is 7.18. The molecule has 3 heterocycles. The molecule has 1 atom stereocenters. The first-order valence-electron chi connectivity index (χ1n) is 10.2. The van der Waals surface area contributed by atoms with Crippen molar-refractivity contribution < 1.29 is 9.53 Å². The molecule has 2 aliphatic rings. The highest BCUT2D eigenvalue weighted by atomic mass is 32.1. The van der Waals surface area contributed by atoms with Gasteiger partial charge < -0.3 is 15.0 Å². The summed E-state index contributed by atoms with van der Waals surface area (Å²) in [5.74, 6) is 1.27. The standard InChI is InChI=1S/C20H28N4O3S/c1-13-2-3-14-15(12-13)28-20-18(14)19(26)22-16(23-20)4-5-17(25)21-6-7-24-8-10-27-11-9-24/h13H,2-12H2,1H3,(H,21,25)(H,22,23,26). The van der Waals surface area contributed by atoms with Gasteiger partial charge in [0.1, 0.15) is 10.7 Å². The second-order valence-electron chi connectivity index (χ2n) is 7.85. The Morgan fingerprint density at radius 2 is 2.21 bits per heavy atom. The van der Waals surface area contributed by atoms with Gasteiger partial charge in [-0.15, -0.1) is 11.3 Å². The lowest BCUT2D eigenvalue weighted by Crippen LogP contribution is -2.41. The summed E-state index contributed by atoms with van der Waals surface area (Å²) in [6, 6.07) is 0. The van der Waals surface area contributed by atoms with Gasteiger partial charge in [0.15, 0.2) is 0 Å². The third kappa shape index (κ3) is 4.45. The molecule has 2 N–H and O–H groups in total. The van der Waals surface area contributed by atoms with Crippen molar-refractivity contribution in [1.82, 2.24) is 20.2 Å². The maximum absolute atomic E-state index is 12.6. The first kappa shape index (κ1) is 19.5. The predicted octanol–water partition coefficient (Wildman–Crippen LogP) is 1.49. The van der Waals surface area contributed by atoms with Gasteiger partial charge >= 0.3 is 0 Å². The molecule has 1 fully saturated rings. The van der Waals surface area contributed by atoms with Gasteiger partial charge in [0.05, 0.1) is 18.6 Å². The van der Waals surface area contributed by atoms with Crippen LogP contribution < -0.4 is 10.9 Å². The fourth-order valence-corrected chi connectivity index (χ4v) is 5.41. The zero-order valence-electron chi connectivity index (χ0n) is 16.4.